The first-order valence-corrected chi connectivity index (χ1v) is 10.3. The van der Waals surface area contributed by atoms with Gasteiger partial charge in [0.15, 0.2) is 0 Å². The molecule has 1 amide bonds. The predicted molar refractivity (Wildman–Crippen MR) is 109 cm³/mol. The van der Waals surface area contributed by atoms with Crippen LogP contribution in [0.2, 0.25) is 0 Å². The van der Waals surface area contributed by atoms with E-state index in [1.165, 1.54) is 24.3 Å². The molecular weight excluding hydrogens is 405 g/mol. The van der Waals surface area contributed by atoms with E-state index in [1.807, 2.05) is 0 Å². The highest BCUT2D eigenvalue weighted by molar-refractivity contribution is 7.92. The topological polar surface area (TPSA) is 92.5 Å². The van der Waals surface area contributed by atoms with Crippen molar-refractivity contribution < 1.29 is 17.6 Å². The fourth-order valence-corrected chi connectivity index (χ4v) is 4.25. The Balaban J connectivity index is 0.00000280. The molecule has 0 radical (unpaired) electrons. The first kappa shape index (κ1) is 22.1. The molecular formula is C19H23ClFN3O3S. The molecule has 1 aliphatic heterocycles. The first-order chi connectivity index (χ1) is 12.9. The van der Waals surface area contributed by atoms with Gasteiger partial charge in [0, 0.05) is 30.4 Å². The van der Waals surface area contributed by atoms with Crippen LogP contribution in [0.3, 0.4) is 0 Å². The number of carbonyl (C=O) groups excluding carboxylic acids is 1. The standard InChI is InChI=1S/C19H22FN3O3S.ClH/c20-15-6-10-18(11-7-15)27(25,26)22-16-8-4-14(5-9-16)19(24)23-12-2-1-3-17(23)13-21;/h4-11,17,22H,1-3,12-13,21H2;1H. The minimum atomic E-state index is -3.82. The zero-order valence-corrected chi connectivity index (χ0v) is 16.8. The third kappa shape index (κ3) is 5.01. The summed E-state index contributed by atoms with van der Waals surface area (Å²) in [6.45, 7) is 1.11. The van der Waals surface area contributed by atoms with E-state index >= 15 is 0 Å². The largest absolute Gasteiger partial charge is 0.334 e. The van der Waals surface area contributed by atoms with Crippen molar-refractivity contribution in [3.63, 3.8) is 0 Å². The molecule has 3 rings (SSSR count). The van der Waals surface area contributed by atoms with Gasteiger partial charge in [-0.3, -0.25) is 9.52 Å². The van der Waals surface area contributed by atoms with Gasteiger partial charge in [0.1, 0.15) is 5.82 Å². The summed E-state index contributed by atoms with van der Waals surface area (Å²) in [4.78, 5) is 14.5. The van der Waals surface area contributed by atoms with Crippen LogP contribution in [0, 0.1) is 5.82 Å². The molecule has 0 aromatic heterocycles. The van der Waals surface area contributed by atoms with Gasteiger partial charge in [0.2, 0.25) is 0 Å². The summed E-state index contributed by atoms with van der Waals surface area (Å²) in [5.74, 6) is -0.608. The monoisotopic (exact) mass is 427 g/mol. The molecule has 2 aromatic rings. The molecule has 1 aliphatic rings. The van der Waals surface area contributed by atoms with Crippen molar-refractivity contribution in [2.75, 3.05) is 17.8 Å². The van der Waals surface area contributed by atoms with E-state index in [-0.39, 0.29) is 29.3 Å². The third-order valence-corrected chi connectivity index (χ3v) is 6.07. The Kier molecular flexibility index (Phi) is 7.40. The number of nitrogens with one attached hydrogen (secondary N) is 1. The Morgan fingerprint density at radius 3 is 2.36 bits per heavy atom. The van der Waals surface area contributed by atoms with E-state index in [9.17, 15) is 17.6 Å². The molecule has 6 nitrogen and oxygen atoms in total. The molecule has 152 valence electrons. The Hall–Kier alpha value is -2.16. The van der Waals surface area contributed by atoms with Gasteiger partial charge in [-0.15, -0.1) is 12.4 Å². The van der Waals surface area contributed by atoms with Gasteiger partial charge in [-0.1, -0.05) is 0 Å². The van der Waals surface area contributed by atoms with Gasteiger partial charge in [-0.2, -0.15) is 0 Å². The number of rotatable bonds is 5. The van der Waals surface area contributed by atoms with Crippen molar-refractivity contribution in [2.24, 2.45) is 5.73 Å². The summed E-state index contributed by atoms with van der Waals surface area (Å²) in [6, 6.07) is 10.9. The van der Waals surface area contributed by atoms with Crippen molar-refractivity contribution in [1.82, 2.24) is 4.90 Å². The second kappa shape index (κ2) is 9.36. The molecule has 0 aliphatic carbocycles. The number of hydrogen-bond acceptors (Lipinski definition) is 4. The molecule has 1 saturated heterocycles. The third-order valence-electron chi connectivity index (χ3n) is 4.67. The summed E-state index contributed by atoms with van der Waals surface area (Å²) in [6.07, 6.45) is 2.92. The van der Waals surface area contributed by atoms with Crippen molar-refractivity contribution in [3.05, 3.63) is 59.9 Å². The average Bonchev–Trinajstić information content (AvgIpc) is 2.68. The molecule has 3 N–H and O–H groups in total. The highest BCUT2D eigenvalue weighted by Gasteiger charge is 2.26. The summed E-state index contributed by atoms with van der Waals surface area (Å²) in [5, 5.41) is 0. The minimum Gasteiger partial charge on any atom is -0.334 e. The normalized spacial score (nSPS) is 16.9. The lowest BCUT2D eigenvalue weighted by atomic mass is 10.0. The molecule has 1 atom stereocenters. The highest BCUT2D eigenvalue weighted by atomic mass is 35.5. The van der Waals surface area contributed by atoms with E-state index < -0.39 is 15.8 Å². The number of hydrogen-bond donors (Lipinski definition) is 2. The first-order valence-electron chi connectivity index (χ1n) is 8.80. The number of piperidine rings is 1. The van der Waals surface area contributed by atoms with Gasteiger partial charge in [0.25, 0.3) is 15.9 Å². The molecule has 0 bridgehead atoms. The fraction of sp³-hybridized carbons (Fsp3) is 0.316. The number of halogens is 2. The predicted octanol–water partition coefficient (Wildman–Crippen LogP) is 3.00. The van der Waals surface area contributed by atoms with Crippen LogP contribution in [0.1, 0.15) is 29.6 Å². The van der Waals surface area contributed by atoms with E-state index in [4.69, 9.17) is 5.73 Å². The molecule has 28 heavy (non-hydrogen) atoms. The van der Waals surface area contributed by atoms with Crippen LogP contribution in [0.25, 0.3) is 0 Å². The molecule has 2 aromatic carbocycles. The van der Waals surface area contributed by atoms with Crippen LogP contribution in [-0.2, 0) is 10.0 Å². The van der Waals surface area contributed by atoms with Crippen LogP contribution in [0.15, 0.2) is 53.4 Å². The van der Waals surface area contributed by atoms with Crippen LogP contribution < -0.4 is 10.5 Å². The Morgan fingerprint density at radius 2 is 1.75 bits per heavy atom. The van der Waals surface area contributed by atoms with Gasteiger partial charge < -0.3 is 10.6 Å². The van der Waals surface area contributed by atoms with Gasteiger partial charge in [-0.25, -0.2) is 12.8 Å². The second-order valence-electron chi connectivity index (χ2n) is 6.52. The van der Waals surface area contributed by atoms with Crippen molar-refractivity contribution >= 4 is 34.0 Å². The molecule has 1 fully saturated rings. The van der Waals surface area contributed by atoms with Gasteiger partial charge in [0.05, 0.1) is 4.90 Å². The number of nitrogens with zero attached hydrogens (tertiary/aromatic N) is 1. The molecule has 0 saturated carbocycles. The summed E-state index contributed by atoms with van der Waals surface area (Å²) in [7, 11) is -3.82. The average molecular weight is 428 g/mol. The van der Waals surface area contributed by atoms with Crippen LogP contribution in [0.5, 0.6) is 0 Å². The quantitative estimate of drug-likeness (QED) is 0.767. The smallest absolute Gasteiger partial charge is 0.261 e. The van der Waals surface area contributed by atoms with Gasteiger partial charge >= 0.3 is 0 Å². The summed E-state index contributed by atoms with van der Waals surface area (Å²) < 4.78 is 40.1. The molecule has 0 spiro atoms. The number of benzene rings is 2. The highest BCUT2D eigenvalue weighted by Crippen LogP contribution is 2.21. The number of sulfonamides is 1. The summed E-state index contributed by atoms with van der Waals surface area (Å²) in [5.41, 5.74) is 6.58. The maximum atomic E-state index is 13.0. The number of amides is 1. The zero-order chi connectivity index (χ0) is 19.4. The van der Waals surface area contributed by atoms with Crippen molar-refractivity contribution in [2.45, 2.75) is 30.2 Å². The lowest BCUT2D eigenvalue weighted by Crippen LogP contribution is -2.47. The summed E-state index contributed by atoms with van der Waals surface area (Å²) >= 11 is 0. The number of likely N-dealkylation sites (tertiary alicyclic amines) is 1. The SMILES string of the molecule is Cl.NCC1CCCCN1C(=O)c1ccc(NS(=O)(=O)c2ccc(F)cc2)cc1. The van der Waals surface area contributed by atoms with E-state index in [2.05, 4.69) is 4.72 Å². The Morgan fingerprint density at radius 1 is 1.11 bits per heavy atom. The van der Waals surface area contributed by atoms with E-state index in [1.54, 1.807) is 17.0 Å². The molecule has 9 heteroatoms. The maximum Gasteiger partial charge on any atom is 0.261 e. The number of nitrogens with two attached hydrogens (primary N) is 1. The molecule has 1 unspecified atom stereocenters. The van der Waals surface area contributed by atoms with Crippen LogP contribution in [0.4, 0.5) is 10.1 Å². The lowest BCUT2D eigenvalue weighted by Gasteiger charge is -2.35. The van der Waals surface area contributed by atoms with Crippen molar-refractivity contribution in [3.8, 4) is 0 Å². The molecule has 1 heterocycles. The zero-order valence-electron chi connectivity index (χ0n) is 15.2. The minimum absolute atomic E-state index is 0. The number of anilines is 1. The van der Waals surface area contributed by atoms with Gasteiger partial charge in [-0.05, 0) is 67.8 Å². The van der Waals surface area contributed by atoms with E-state index in [0.717, 1.165) is 31.4 Å². The second-order valence-corrected chi connectivity index (χ2v) is 8.20. The van der Waals surface area contributed by atoms with Crippen LogP contribution in [-0.4, -0.2) is 38.4 Å². The number of carbonyl (C=O) groups is 1. The fourth-order valence-electron chi connectivity index (χ4n) is 3.19. The lowest BCUT2D eigenvalue weighted by molar-refractivity contribution is 0.0623. The maximum absolute atomic E-state index is 13.0. The van der Waals surface area contributed by atoms with Crippen molar-refractivity contribution in [1.29, 1.82) is 0 Å². The Labute approximate surface area is 170 Å². The van der Waals surface area contributed by atoms with E-state index in [0.29, 0.717) is 24.3 Å². The Bertz CT molecular complexity index is 905. The van der Waals surface area contributed by atoms with Crippen LogP contribution >= 0.6 is 12.4 Å².